The highest BCUT2D eigenvalue weighted by Gasteiger charge is 2.33. The van der Waals surface area contributed by atoms with Gasteiger partial charge in [-0.1, -0.05) is 31.2 Å². The number of pyridine rings is 2. The standard InChI is InChI=1S/C19H22N6O3/c1-12(2)9-15(19(26)27)14(18-22-24-25-23-18)10-13-6-7-17(21-11-13)28-16-5-3-4-8-20-16/h3-8,11-12,14-15H,9-10H2,1-2H3,(H,26,27)(H,22,23,24,25). The van der Waals surface area contributed by atoms with Crippen LogP contribution in [-0.4, -0.2) is 41.7 Å². The molecule has 3 rings (SSSR count). The average molecular weight is 382 g/mol. The van der Waals surface area contributed by atoms with Crippen molar-refractivity contribution in [2.75, 3.05) is 0 Å². The van der Waals surface area contributed by atoms with E-state index in [1.54, 1.807) is 30.6 Å². The Bertz CT molecular complexity index is 868. The Balaban J connectivity index is 1.78. The Hall–Kier alpha value is -3.36. The van der Waals surface area contributed by atoms with Gasteiger partial charge in [0.2, 0.25) is 11.8 Å². The number of aliphatic carboxylic acids is 1. The van der Waals surface area contributed by atoms with Gasteiger partial charge in [-0.2, -0.15) is 5.21 Å². The maximum absolute atomic E-state index is 11.9. The van der Waals surface area contributed by atoms with E-state index >= 15 is 0 Å². The van der Waals surface area contributed by atoms with Crippen LogP contribution in [0.25, 0.3) is 0 Å². The van der Waals surface area contributed by atoms with Gasteiger partial charge in [0.25, 0.3) is 0 Å². The van der Waals surface area contributed by atoms with E-state index in [4.69, 9.17) is 4.74 Å². The molecule has 0 aromatic carbocycles. The molecule has 146 valence electrons. The minimum Gasteiger partial charge on any atom is -0.481 e. The summed E-state index contributed by atoms with van der Waals surface area (Å²) in [7, 11) is 0. The van der Waals surface area contributed by atoms with Gasteiger partial charge in [0, 0.05) is 30.4 Å². The van der Waals surface area contributed by atoms with E-state index in [-0.39, 0.29) is 5.92 Å². The molecular formula is C19H22N6O3. The van der Waals surface area contributed by atoms with Crippen molar-refractivity contribution in [1.29, 1.82) is 0 Å². The molecule has 0 saturated carbocycles. The average Bonchev–Trinajstić information content (AvgIpc) is 3.21. The van der Waals surface area contributed by atoms with E-state index < -0.39 is 17.8 Å². The van der Waals surface area contributed by atoms with E-state index in [0.29, 0.717) is 30.4 Å². The van der Waals surface area contributed by atoms with E-state index in [1.165, 1.54) is 0 Å². The van der Waals surface area contributed by atoms with Crippen molar-refractivity contribution in [1.82, 2.24) is 30.6 Å². The highest BCUT2D eigenvalue weighted by molar-refractivity contribution is 5.71. The second-order valence-electron chi connectivity index (χ2n) is 6.93. The Labute approximate surface area is 162 Å². The molecular weight excluding hydrogens is 360 g/mol. The Morgan fingerprint density at radius 2 is 2.00 bits per heavy atom. The van der Waals surface area contributed by atoms with E-state index in [9.17, 15) is 9.90 Å². The van der Waals surface area contributed by atoms with Crippen LogP contribution < -0.4 is 4.74 Å². The van der Waals surface area contributed by atoms with Crippen LogP contribution in [0.2, 0.25) is 0 Å². The van der Waals surface area contributed by atoms with Gasteiger partial charge in [0.05, 0.1) is 5.92 Å². The molecule has 2 N–H and O–H groups in total. The van der Waals surface area contributed by atoms with Gasteiger partial charge in [0.1, 0.15) is 0 Å². The first-order valence-electron chi connectivity index (χ1n) is 9.03. The second kappa shape index (κ2) is 9.03. The number of hydrogen-bond donors (Lipinski definition) is 2. The first-order valence-corrected chi connectivity index (χ1v) is 9.03. The lowest BCUT2D eigenvalue weighted by Crippen LogP contribution is -2.26. The fourth-order valence-electron chi connectivity index (χ4n) is 3.05. The number of aromatic nitrogens is 6. The Morgan fingerprint density at radius 1 is 1.18 bits per heavy atom. The second-order valence-corrected chi connectivity index (χ2v) is 6.93. The number of rotatable bonds is 9. The number of carboxylic acids is 1. The van der Waals surface area contributed by atoms with Crippen LogP contribution in [0.1, 0.15) is 37.6 Å². The van der Waals surface area contributed by atoms with Crippen molar-refractivity contribution in [2.45, 2.75) is 32.6 Å². The van der Waals surface area contributed by atoms with Gasteiger partial charge in [-0.3, -0.25) is 4.79 Å². The summed E-state index contributed by atoms with van der Waals surface area (Å²) in [6.45, 7) is 3.99. The van der Waals surface area contributed by atoms with Gasteiger partial charge in [-0.15, -0.1) is 10.2 Å². The van der Waals surface area contributed by atoms with Crippen molar-refractivity contribution in [3.05, 3.63) is 54.1 Å². The van der Waals surface area contributed by atoms with Crippen molar-refractivity contribution < 1.29 is 14.6 Å². The number of carbonyl (C=O) groups is 1. The third kappa shape index (κ3) is 5.09. The topological polar surface area (TPSA) is 127 Å². The number of tetrazole rings is 1. The van der Waals surface area contributed by atoms with Crippen molar-refractivity contribution in [2.24, 2.45) is 11.8 Å². The van der Waals surface area contributed by atoms with Crippen LogP contribution in [0.3, 0.4) is 0 Å². The number of ether oxygens (including phenoxy) is 1. The first-order chi connectivity index (χ1) is 13.5. The summed E-state index contributed by atoms with van der Waals surface area (Å²) in [4.78, 5) is 20.3. The molecule has 9 heteroatoms. The predicted octanol–water partition coefficient (Wildman–Crippen LogP) is 2.86. The maximum atomic E-state index is 11.9. The van der Waals surface area contributed by atoms with Crippen molar-refractivity contribution in [3.63, 3.8) is 0 Å². The molecule has 9 nitrogen and oxygen atoms in total. The van der Waals surface area contributed by atoms with Crippen LogP contribution in [0, 0.1) is 11.8 Å². The molecule has 2 atom stereocenters. The summed E-state index contributed by atoms with van der Waals surface area (Å²) in [6.07, 6.45) is 4.25. The van der Waals surface area contributed by atoms with Crippen LogP contribution in [-0.2, 0) is 11.2 Å². The summed E-state index contributed by atoms with van der Waals surface area (Å²) in [5.74, 6) is -0.424. The van der Waals surface area contributed by atoms with E-state index in [0.717, 1.165) is 5.56 Å². The smallest absolute Gasteiger partial charge is 0.307 e. The predicted molar refractivity (Wildman–Crippen MR) is 99.8 cm³/mol. The molecule has 0 spiro atoms. The summed E-state index contributed by atoms with van der Waals surface area (Å²) < 4.78 is 5.59. The SMILES string of the molecule is CC(C)CC(C(=O)O)C(Cc1ccc(Oc2ccccn2)nc1)c1nn[nH]n1. The zero-order valence-electron chi connectivity index (χ0n) is 15.7. The zero-order chi connectivity index (χ0) is 19.9. The van der Waals surface area contributed by atoms with E-state index in [2.05, 4.69) is 30.6 Å². The summed E-state index contributed by atoms with van der Waals surface area (Å²) in [5.41, 5.74) is 0.859. The largest absolute Gasteiger partial charge is 0.481 e. The molecule has 0 aliphatic carbocycles. The minimum atomic E-state index is -0.869. The molecule has 0 amide bonds. The quantitative estimate of drug-likeness (QED) is 0.578. The number of aromatic amines is 1. The first kappa shape index (κ1) is 19.4. The molecule has 0 aliphatic rings. The fraction of sp³-hybridized carbons (Fsp3) is 0.368. The molecule has 3 heterocycles. The lowest BCUT2D eigenvalue weighted by Gasteiger charge is -2.22. The van der Waals surface area contributed by atoms with Gasteiger partial charge in [-0.25, -0.2) is 9.97 Å². The van der Waals surface area contributed by atoms with Crippen LogP contribution in [0.15, 0.2) is 42.7 Å². The van der Waals surface area contributed by atoms with Crippen LogP contribution in [0.4, 0.5) is 0 Å². The Kier molecular flexibility index (Phi) is 6.25. The maximum Gasteiger partial charge on any atom is 0.307 e. The molecule has 0 radical (unpaired) electrons. The summed E-state index contributed by atoms with van der Waals surface area (Å²) in [6, 6.07) is 8.96. The zero-order valence-corrected chi connectivity index (χ0v) is 15.7. The minimum absolute atomic E-state index is 0.225. The van der Waals surface area contributed by atoms with E-state index in [1.807, 2.05) is 26.0 Å². The third-order valence-corrected chi connectivity index (χ3v) is 4.32. The monoisotopic (exact) mass is 382 g/mol. The van der Waals surface area contributed by atoms with Crippen LogP contribution >= 0.6 is 0 Å². The van der Waals surface area contributed by atoms with Crippen molar-refractivity contribution >= 4 is 5.97 Å². The van der Waals surface area contributed by atoms with Gasteiger partial charge in [-0.05, 0) is 30.4 Å². The Morgan fingerprint density at radius 3 is 2.57 bits per heavy atom. The molecule has 2 unspecified atom stereocenters. The summed E-state index contributed by atoms with van der Waals surface area (Å²) in [5, 5.41) is 23.8. The van der Waals surface area contributed by atoms with Crippen LogP contribution in [0.5, 0.6) is 11.8 Å². The number of H-pyrrole nitrogens is 1. The lowest BCUT2D eigenvalue weighted by molar-refractivity contribution is -0.143. The lowest BCUT2D eigenvalue weighted by atomic mass is 9.81. The number of nitrogens with one attached hydrogen (secondary N) is 1. The van der Waals surface area contributed by atoms with Crippen molar-refractivity contribution in [3.8, 4) is 11.8 Å². The molecule has 0 saturated heterocycles. The molecule has 0 aliphatic heterocycles. The molecule has 0 bridgehead atoms. The highest BCUT2D eigenvalue weighted by Crippen LogP contribution is 2.31. The van der Waals surface area contributed by atoms with Gasteiger partial charge in [0.15, 0.2) is 5.82 Å². The third-order valence-electron chi connectivity index (χ3n) is 4.32. The van der Waals surface area contributed by atoms with Gasteiger partial charge >= 0.3 is 5.97 Å². The number of nitrogens with zero attached hydrogens (tertiary/aromatic N) is 5. The fourth-order valence-corrected chi connectivity index (χ4v) is 3.05. The number of hydrogen-bond acceptors (Lipinski definition) is 7. The normalized spacial score (nSPS) is 13.2. The molecule has 3 aromatic rings. The summed E-state index contributed by atoms with van der Waals surface area (Å²) >= 11 is 0. The molecule has 3 aromatic heterocycles. The molecule has 28 heavy (non-hydrogen) atoms. The highest BCUT2D eigenvalue weighted by atomic mass is 16.5. The van der Waals surface area contributed by atoms with Gasteiger partial charge < -0.3 is 9.84 Å². The number of carboxylic acid groups (broad SMARTS) is 1. The molecule has 0 fully saturated rings.